The second-order valence-corrected chi connectivity index (χ2v) is 5.62. The zero-order valence-electron chi connectivity index (χ0n) is 10.5. The van der Waals surface area contributed by atoms with Gasteiger partial charge in [0.1, 0.15) is 5.82 Å². The smallest absolute Gasteiger partial charge is 0.124 e. The van der Waals surface area contributed by atoms with E-state index in [1.165, 1.54) is 17.7 Å². The molecule has 1 nitrogen and oxygen atoms in total. The van der Waals surface area contributed by atoms with E-state index in [0.29, 0.717) is 11.6 Å². The molecule has 0 aliphatic carbocycles. The molecule has 0 fully saturated rings. The van der Waals surface area contributed by atoms with Crippen molar-refractivity contribution in [2.24, 2.45) is 0 Å². The van der Waals surface area contributed by atoms with Crippen molar-refractivity contribution in [2.45, 2.75) is 19.5 Å². The van der Waals surface area contributed by atoms with Gasteiger partial charge in [-0.25, -0.2) is 4.39 Å². The van der Waals surface area contributed by atoms with Gasteiger partial charge < -0.3 is 5.32 Å². The van der Waals surface area contributed by atoms with Crippen LogP contribution in [0.3, 0.4) is 0 Å². The van der Waals surface area contributed by atoms with Crippen LogP contribution in [0.15, 0.2) is 46.9 Å². The largest absolute Gasteiger partial charge is 0.306 e. The third kappa shape index (κ3) is 3.78. The van der Waals surface area contributed by atoms with E-state index in [0.717, 1.165) is 10.0 Å². The van der Waals surface area contributed by atoms with Crippen LogP contribution in [0, 0.1) is 5.82 Å². The van der Waals surface area contributed by atoms with Crippen LogP contribution in [0.4, 0.5) is 4.39 Å². The van der Waals surface area contributed by atoms with E-state index in [-0.39, 0.29) is 11.9 Å². The number of halogens is 3. The van der Waals surface area contributed by atoms with Gasteiger partial charge in [-0.3, -0.25) is 0 Å². The van der Waals surface area contributed by atoms with Crippen LogP contribution in [-0.2, 0) is 6.54 Å². The normalized spacial score (nSPS) is 12.4. The summed E-state index contributed by atoms with van der Waals surface area (Å²) >= 11 is 9.53. The molecular weight excluding hydrogens is 329 g/mol. The van der Waals surface area contributed by atoms with E-state index in [2.05, 4.69) is 34.2 Å². The number of rotatable bonds is 4. The fraction of sp³-hybridized carbons (Fsp3) is 0.200. The third-order valence-electron chi connectivity index (χ3n) is 2.99. The molecule has 0 aromatic heterocycles. The first-order valence-electron chi connectivity index (χ1n) is 5.99. The molecule has 0 saturated carbocycles. The number of hydrogen-bond acceptors (Lipinski definition) is 1. The maximum Gasteiger partial charge on any atom is 0.124 e. The molecule has 2 aromatic carbocycles. The zero-order chi connectivity index (χ0) is 13.8. The highest BCUT2D eigenvalue weighted by molar-refractivity contribution is 9.10. The van der Waals surface area contributed by atoms with Crippen LogP contribution in [0.1, 0.15) is 24.1 Å². The second kappa shape index (κ2) is 6.51. The van der Waals surface area contributed by atoms with E-state index in [9.17, 15) is 4.39 Å². The Morgan fingerprint density at radius 1 is 1.26 bits per heavy atom. The van der Waals surface area contributed by atoms with Crippen molar-refractivity contribution < 1.29 is 4.39 Å². The van der Waals surface area contributed by atoms with Crippen LogP contribution < -0.4 is 5.32 Å². The second-order valence-electron chi connectivity index (χ2n) is 4.36. The van der Waals surface area contributed by atoms with Gasteiger partial charge in [-0.05, 0) is 36.2 Å². The van der Waals surface area contributed by atoms with E-state index < -0.39 is 0 Å². The fourth-order valence-corrected chi connectivity index (χ4v) is 2.73. The monoisotopic (exact) mass is 341 g/mol. The summed E-state index contributed by atoms with van der Waals surface area (Å²) in [7, 11) is 0. The molecular formula is C15H14BrClFN. The molecule has 4 heteroatoms. The van der Waals surface area contributed by atoms with Crippen LogP contribution in [-0.4, -0.2) is 0 Å². The van der Waals surface area contributed by atoms with Gasteiger partial charge >= 0.3 is 0 Å². The van der Waals surface area contributed by atoms with Gasteiger partial charge in [-0.1, -0.05) is 51.8 Å². The molecule has 0 amide bonds. The van der Waals surface area contributed by atoms with Crippen molar-refractivity contribution in [3.05, 3.63) is 68.9 Å². The highest BCUT2D eigenvalue weighted by atomic mass is 79.9. The topological polar surface area (TPSA) is 12.0 Å². The number of nitrogens with one attached hydrogen (secondary N) is 1. The lowest BCUT2D eigenvalue weighted by molar-refractivity contribution is 0.571. The third-order valence-corrected chi connectivity index (χ3v) is 4.06. The van der Waals surface area contributed by atoms with Gasteiger partial charge in [0.15, 0.2) is 0 Å². The van der Waals surface area contributed by atoms with Crippen molar-refractivity contribution in [1.82, 2.24) is 5.32 Å². The van der Waals surface area contributed by atoms with Crippen molar-refractivity contribution in [3.63, 3.8) is 0 Å². The lowest BCUT2D eigenvalue weighted by atomic mass is 10.1. The van der Waals surface area contributed by atoms with Crippen LogP contribution in [0.2, 0.25) is 5.02 Å². The Morgan fingerprint density at radius 3 is 2.68 bits per heavy atom. The Morgan fingerprint density at radius 2 is 2.00 bits per heavy atom. The highest BCUT2D eigenvalue weighted by Gasteiger charge is 2.09. The predicted molar refractivity (Wildman–Crippen MR) is 80.8 cm³/mol. The number of benzene rings is 2. The van der Waals surface area contributed by atoms with Crippen molar-refractivity contribution in [3.8, 4) is 0 Å². The first kappa shape index (κ1) is 14.5. The van der Waals surface area contributed by atoms with Gasteiger partial charge in [-0.2, -0.15) is 0 Å². The Bertz CT molecular complexity index is 574. The minimum atomic E-state index is -0.312. The van der Waals surface area contributed by atoms with E-state index in [4.69, 9.17) is 11.6 Å². The molecule has 2 rings (SSSR count). The summed E-state index contributed by atoms with van der Waals surface area (Å²) < 4.78 is 14.0. The van der Waals surface area contributed by atoms with Gasteiger partial charge in [0.2, 0.25) is 0 Å². The summed E-state index contributed by atoms with van der Waals surface area (Å²) in [5.74, 6) is -0.312. The summed E-state index contributed by atoms with van der Waals surface area (Å²) in [6.07, 6.45) is 0. The summed E-state index contributed by atoms with van der Waals surface area (Å²) in [6.45, 7) is 2.68. The molecule has 0 bridgehead atoms. The molecule has 1 atom stereocenters. The lowest BCUT2D eigenvalue weighted by Gasteiger charge is -2.16. The molecule has 0 saturated heterocycles. The SMILES string of the molecule is C[C@@H](NCc1ccc(F)cc1Cl)c1ccccc1Br. The molecule has 0 heterocycles. The van der Waals surface area contributed by atoms with Crippen LogP contribution >= 0.6 is 27.5 Å². The molecule has 0 aliphatic rings. The summed E-state index contributed by atoms with van der Waals surface area (Å²) in [4.78, 5) is 0. The number of hydrogen-bond donors (Lipinski definition) is 1. The minimum absolute atomic E-state index is 0.177. The Kier molecular flexibility index (Phi) is 4.97. The molecule has 2 aromatic rings. The van der Waals surface area contributed by atoms with Crippen molar-refractivity contribution >= 4 is 27.5 Å². The molecule has 100 valence electrons. The van der Waals surface area contributed by atoms with Gasteiger partial charge in [0.05, 0.1) is 0 Å². The molecule has 0 spiro atoms. The average molecular weight is 343 g/mol. The zero-order valence-corrected chi connectivity index (χ0v) is 12.8. The van der Waals surface area contributed by atoms with Crippen molar-refractivity contribution in [1.29, 1.82) is 0 Å². The standard InChI is InChI=1S/C15H14BrClFN/c1-10(13-4-2-3-5-14(13)16)19-9-11-6-7-12(18)8-15(11)17/h2-8,10,19H,9H2,1H3/t10-/m1/s1. The summed E-state index contributed by atoms with van der Waals surface area (Å²) in [6, 6.07) is 12.7. The van der Waals surface area contributed by atoms with E-state index in [1.54, 1.807) is 6.07 Å². The fourth-order valence-electron chi connectivity index (χ4n) is 1.86. The van der Waals surface area contributed by atoms with Crippen LogP contribution in [0.5, 0.6) is 0 Å². The highest BCUT2D eigenvalue weighted by Crippen LogP contribution is 2.24. The van der Waals surface area contributed by atoms with Crippen molar-refractivity contribution in [2.75, 3.05) is 0 Å². The Hall–Kier alpha value is -0.900. The van der Waals surface area contributed by atoms with E-state index >= 15 is 0 Å². The molecule has 0 unspecified atom stereocenters. The maximum absolute atomic E-state index is 13.0. The predicted octanol–water partition coefficient (Wildman–Crippen LogP) is 5.09. The molecule has 0 radical (unpaired) electrons. The van der Waals surface area contributed by atoms with Crippen LogP contribution in [0.25, 0.3) is 0 Å². The molecule has 0 aliphatic heterocycles. The summed E-state index contributed by atoms with van der Waals surface area (Å²) in [5.41, 5.74) is 2.07. The Labute approximate surface area is 125 Å². The molecule has 19 heavy (non-hydrogen) atoms. The summed E-state index contributed by atoms with van der Waals surface area (Å²) in [5, 5.41) is 3.83. The molecule has 1 N–H and O–H groups in total. The lowest BCUT2D eigenvalue weighted by Crippen LogP contribution is -2.18. The van der Waals surface area contributed by atoms with Gasteiger partial charge in [-0.15, -0.1) is 0 Å². The first-order valence-corrected chi connectivity index (χ1v) is 7.17. The Balaban J connectivity index is 2.04. The van der Waals surface area contributed by atoms with E-state index in [1.807, 2.05) is 18.2 Å². The maximum atomic E-state index is 13.0. The average Bonchev–Trinajstić information content (AvgIpc) is 2.38. The quantitative estimate of drug-likeness (QED) is 0.816. The van der Waals surface area contributed by atoms with Gasteiger partial charge in [0, 0.05) is 22.1 Å². The first-order chi connectivity index (χ1) is 9.08. The van der Waals surface area contributed by atoms with Gasteiger partial charge in [0.25, 0.3) is 0 Å². The minimum Gasteiger partial charge on any atom is -0.306 e.